The summed E-state index contributed by atoms with van der Waals surface area (Å²) in [5, 5.41) is 0. The summed E-state index contributed by atoms with van der Waals surface area (Å²) in [6, 6.07) is 7.50. The maximum absolute atomic E-state index is 12.8. The van der Waals surface area contributed by atoms with Crippen LogP contribution < -0.4 is 9.46 Å². The Bertz CT molecular complexity index is 902. The third kappa shape index (κ3) is 5.89. The number of nitrogens with one attached hydrogen (secondary N) is 1. The van der Waals surface area contributed by atoms with E-state index < -0.39 is 21.8 Å². The van der Waals surface area contributed by atoms with Crippen LogP contribution in [0, 0.1) is 13.8 Å². The van der Waals surface area contributed by atoms with E-state index >= 15 is 0 Å². The normalized spacial score (nSPS) is 13.6. The highest BCUT2D eigenvalue weighted by Crippen LogP contribution is 2.34. The van der Waals surface area contributed by atoms with Gasteiger partial charge in [0, 0.05) is 17.3 Å². The molecule has 0 bridgehead atoms. The fourth-order valence-corrected chi connectivity index (χ4v) is 4.03. The van der Waals surface area contributed by atoms with Crippen molar-refractivity contribution >= 4 is 17.0 Å². The van der Waals surface area contributed by atoms with E-state index in [9.17, 15) is 9.00 Å². The number of nitrogens with zero attached hydrogens (tertiary/aromatic N) is 1. The molecule has 0 spiro atoms. The summed E-state index contributed by atoms with van der Waals surface area (Å²) in [5.41, 5.74) is 4.92. The molecule has 0 aliphatic rings. The molecule has 0 aliphatic carbocycles. The predicted molar refractivity (Wildman–Crippen MR) is 121 cm³/mol. The predicted octanol–water partition coefficient (Wildman–Crippen LogP) is 4.42. The van der Waals surface area contributed by atoms with Gasteiger partial charge in [-0.1, -0.05) is 18.2 Å². The van der Waals surface area contributed by atoms with Crippen LogP contribution in [0.5, 0.6) is 5.88 Å². The minimum absolute atomic E-state index is 0.0178. The van der Waals surface area contributed by atoms with Crippen LogP contribution in [0.2, 0.25) is 0 Å². The molecule has 164 valence electrons. The Morgan fingerprint density at radius 2 is 1.87 bits per heavy atom. The fourth-order valence-electron chi connectivity index (χ4n) is 3.20. The minimum Gasteiger partial charge on any atom is -0.481 e. The molecule has 1 aromatic carbocycles. The van der Waals surface area contributed by atoms with E-state index in [1.54, 1.807) is 13.1 Å². The molecule has 0 fully saturated rings. The number of hydrogen-bond acceptors (Lipinski definition) is 5. The van der Waals surface area contributed by atoms with Crippen molar-refractivity contribution in [2.24, 2.45) is 0 Å². The smallest absolute Gasteiger partial charge is 0.307 e. The van der Waals surface area contributed by atoms with Gasteiger partial charge in [-0.25, -0.2) is 13.9 Å². The average molecular weight is 433 g/mol. The highest BCUT2D eigenvalue weighted by molar-refractivity contribution is 7.84. The maximum atomic E-state index is 12.8. The van der Waals surface area contributed by atoms with Gasteiger partial charge in [0.05, 0.1) is 41.9 Å². The molecular weight excluding hydrogens is 400 g/mol. The second-order valence-corrected chi connectivity index (χ2v) is 10.1. The number of esters is 1. The van der Waals surface area contributed by atoms with Gasteiger partial charge in [0.1, 0.15) is 0 Å². The molecule has 0 radical (unpaired) electrons. The lowest BCUT2D eigenvalue weighted by Crippen LogP contribution is -2.37. The van der Waals surface area contributed by atoms with Gasteiger partial charge >= 0.3 is 5.97 Å². The Kier molecular flexibility index (Phi) is 8.15. The fraction of sp³-hybridized carbons (Fsp3) is 0.478. The summed E-state index contributed by atoms with van der Waals surface area (Å²) in [5.74, 6) is 0.0122. The van der Waals surface area contributed by atoms with Crippen molar-refractivity contribution in [2.75, 3.05) is 13.7 Å². The lowest BCUT2D eigenvalue weighted by atomic mass is 9.94. The topological polar surface area (TPSA) is 77.5 Å². The first-order chi connectivity index (χ1) is 14.1. The first kappa shape index (κ1) is 24.0. The number of aryl methyl sites for hydroxylation is 2. The largest absolute Gasteiger partial charge is 0.481 e. The molecule has 0 amide bonds. The number of carbonyl (C=O) groups excluding carboxylic acids is 1. The highest BCUT2D eigenvalue weighted by atomic mass is 32.2. The van der Waals surface area contributed by atoms with Gasteiger partial charge in [-0.15, -0.1) is 0 Å². The van der Waals surface area contributed by atoms with Gasteiger partial charge in [0.2, 0.25) is 5.88 Å². The van der Waals surface area contributed by atoms with Gasteiger partial charge in [-0.3, -0.25) is 4.79 Å². The molecule has 0 saturated carbocycles. The van der Waals surface area contributed by atoms with E-state index in [1.165, 1.54) is 7.11 Å². The summed E-state index contributed by atoms with van der Waals surface area (Å²) in [7, 11) is 0.135. The van der Waals surface area contributed by atoms with E-state index in [4.69, 9.17) is 9.47 Å². The van der Waals surface area contributed by atoms with Gasteiger partial charge < -0.3 is 9.47 Å². The van der Waals surface area contributed by atoms with E-state index in [-0.39, 0.29) is 19.0 Å². The van der Waals surface area contributed by atoms with Crippen LogP contribution in [-0.2, 0) is 20.5 Å². The van der Waals surface area contributed by atoms with Crippen LogP contribution >= 0.6 is 0 Å². The molecular formula is C23H32N2O4S. The first-order valence-electron chi connectivity index (χ1n) is 10.0. The molecule has 1 aromatic heterocycles. The summed E-state index contributed by atoms with van der Waals surface area (Å²) >= 11 is 0. The monoisotopic (exact) mass is 432 g/mol. The van der Waals surface area contributed by atoms with Crippen molar-refractivity contribution in [3.63, 3.8) is 0 Å². The lowest BCUT2D eigenvalue weighted by Gasteiger charge is -2.25. The molecule has 1 heterocycles. The number of rotatable bonds is 8. The Labute approximate surface area is 182 Å². The molecule has 30 heavy (non-hydrogen) atoms. The van der Waals surface area contributed by atoms with Crippen LogP contribution in [0.15, 0.2) is 30.5 Å². The second kappa shape index (κ2) is 10.2. The zero-order chi connectivity index (χ0) is 22.5. The van der Waals surface area contributed by atoms with Gasteiger partial charge in [-0.2, -0.15) is 0 Å². The van der Waals surface area contributed by atoms with Crippen molar-refractivity contribution in [2.45, 2.75) is 58.8 Å². The lowest BCUT2D eigenvalue weighted by molar-refractivity contribution is -0.143. The summed E-state index contributed by atoms with van der Waals surface area (Å²) < 4.78 is 26.1. The van der Waals surface area contributed by atoms with Gasteiger partial charge in [-0.05, 0) is 64.3 Å². The van der Waals surface area contributed by atoms with Crippen LogP contribution in [0.1, 0.15) is 56.8 Å². The summed E-state index contributed by atoms with van der Waals surface area (Å²) in [6.07, 6.45) is 1.78. The van der Waals surface area contributed by atoms with Gasteiger partial charge in [0.15, 0.2) is 0 Å². The highest BCUT2D eigenvalue weighted by Gasteiger charge is 2.28. The molecule has 1 unspecified atom stereocenters. The van der Waals surface area contributed by atoms with Crippen molar-refractivity contribution in [3.8, 4) is 17.0 Å². The number of pyridine rings is 1. The standard InChI is InChI=1S/C23H32N2O4S/c1-8-29-20(26)13-19(25-30(27)23(4,5)6)18-12-17(14-24-22(18)28-7)21-15(2)10-9-11-16(21)3/h9-12,14,19,25H,8,13H2,1-7H3/t19?,30-/m1/s1. The Balaban J connectivity index is 2.57. The molecule has 0 aliphatic heterocycles. The van der Waals surface area contributed by atoms with Crippen molar-refractivity contribution in [3.05, 3.63) is 47.2 Å². The SMILES string of the molecule is CCOC(=O)CC(N[S@](=O)C(C)(C)C)c1cc(-c2c(C)cccc2C)cnc1OC. The number of hydrogen-bond donors (Lipinski definition) is 1. The van der Waals surface area contributed by atoms with Crippen molar-refractivity contribution in [1.29, 1.82) is 0 Å². The zero-order valence-corrected chi connectivity index (χ0v) is 19.7. The zero-order valence-electron chi connectivity index (χ0n) is 18.9. The van der Waals surface area contributed by atoms with Crippen LogP contribution in [0.4, 0.5) is 0 Å². The van der Waals surface area contributed by atoms with E-state index in [0.29, 0.717) is 11.4 Å². The van der Waals surface area contributed by atoms with E-state index in [0.717, 1.165) is 22.3 Å². The van der Waals surface area contributed by atoms with Crippen LogP contribution in [0.25, 0.3) is 11.1 Å². The number of carbonyl (C=O) groups is 1. The van der Waals surface area contributed by atoms with Crippen LogP contribution in [-0.4, -0.2) is 33.6 Å². The maximum Gasteiger partial charge on any atom is 0.307 e. The Morgan fingerprint density at radius 1 is 1.23 bits per heavy atom. The molecule has 2 rings (SSSR count). The number of methoxy groups -OCH3 is 1. The van der Waals surface area contributed by atoms with Crippen molar-refractivity contribution < 1.29 is 18.5 Å². The third-order valence-electron chi connectivity index (χ3n) is 4.70. The summed E-state index contributed by atoms with van der Waals surface area (Å²) in [4.78, 5) is 16.8. The van der Waals surface area contributed by atoms with E-state index in [2.05, 4.69) is 35.7 Å². The first-order valence-corrected chi connectivity index (χ1v) is 11.2. The van der Waals surface area contributed by atoms with Crippen molar-refractivity contribution in [1.82, 2.24) is 9.71 Å². The van der Waals surface area contributed by atoms with Crippen LogP contribution in [0.3, 0.4) is 0 Å². The third-order valence-corrected chi connectivity index (χ3v) is 6.31. The molecule has 2 atom stereocenters. The molecule has 6 nitrogen and oxygen atoms in total. The molecule has 2 aromatic rings. The Morgan fingerprint density at radius 3 is 2.40 bits per heavy atom. The molecule has 1 N–H and O–H groups in total. The molecule has 7 heteroatoms. The number of ether oxygens (including phenoxy) is 2. The van der Waals surface area contributed by atoms with E-state index in [1.807, 2.05) is 32.9 Å². The quantitative estimate of drug-likeness (QED) is 0.625. The minimum atomic E-state index is -1.40. The number of benzene rings is 1. The average Bonchev–Trinajstić information content (AvgIpc) is 2.66. The summed E-state index contributed by atoms with van der Waals surface area (Å²) in [6.45, 7) is 11.8. The Hall–Kier alpha value is -2.25. The molecule has 0 saturated heterocycles. The second-order valence-electron chi connectivity index (χ2n) is 8.15. The van der Waals surface area contributed by atoms with Gasteiger partial charge in [0.25, 0.3) is 0 Å². The number of aromatic nitrogens is 1.